The van der Waals surface area contributed by atoms with Gasteiger partial charge in [0.15, 0.2) is 11.4 Å². The second-order valence-corrected chi connectivity index (χ2v) is 6.64. The predicted octanol–water partition coefficient (Wildman–Crippen LogP) is 3.26. The Hall–Kier alpha value is -2.86. The molecule has 0 amide bonds. The van der Waals surface area contributed by atoms with Crippen molar-refractivity contribution in [3.05, 3.63) is 48.7 Å². The Balaban J connectivity index is 1.47. The normalized spacial score (nSPS) is 20.0. The van der Waals surface area contributed by atoms with Crippen LogP contribution < -0.4 is 10.5 Å². The van der Waals surface area contributed by atoms with Crippen molar-refractivity contribution in [1.82, 2.24) is 14.6 Å². The highest BCUT2D eigenvalue weighted by molar-refractivity contribution is 5.82. The summed E-state index contributed by atoms with van der Waals surface area (Å²) in [6.07, 6.45) is 3.82. The fourth-order valence-electron chi connectivity index (χ4n) is 3.34. The Morgan fingerprint density at radius 3 is 2.92 bits per heavy atom. The SMILES string of the molecule is NC1CC(COc2ccc3ncc(-c4cc5ccccc5o4)n3n2)C1. The molecule has 0 spiro atoms. The lowest BCUT2D eigenvalue weighted by atomic mass is 9.82. The van der Waals surface area contributed by atoms with Gasteiger partial charge in [0.05, 0.1) is 12.8 Å². The topological polar surface area (TPSA) is 78.6 Å². The van der Waals surface area contributed by atoms with E-state index in [1.54, 1.807) is 10.7 Å². The van der Waals surface area contributed by atoms with Crippen LogP contribution in [-0.2, 0) is 0 Å². The third kappa shape index (κ3) is 2.55. The average molecular weight is 334 g/mol. The Morgan fingerprint density at radius 1 is 1.20 bits per heavy atom. The van der Waals surface area contributed by atoms with Crippen molar-refractivity contribution in [3.8, 4) is 17.3 Å². The summed E-state index contributed by atoms with van der Waals surface area (Å²) in [6, 6.07) is 14.0. The number of benzene rings is 1. The maximum Gasteiger partial charge on any atom is 0.231 e. The van der Waals surface area contributed by atoms with Crippen LogP contribution >= 0.6 is 0 Å². The van der Waals surface area contributed by atoms with Gasteiger partial charge in [0.2, 0.25) is 5.88 Å². The molecule has 3 heterocycles. The molecule has 1 aliphatic carbocycles. The lowest BCUT2D eigenvalue weighted by Crippen LogP contribution is -2.39. The van der Waals surface area contributed by atoms with Gasteiger partial charge in [-0.3, -0.25) is 0 Å². The standard InChI is InChI=1S/C19H18N4O2/c20-14-7-12(8-14)11-24-19-6-5-18-21-10-15(23(18)22-19)17-9-13-3-1-2-4-16(13)25-17/h1-6,9-10,12,14H,7-8,11,20H2. The van der Waals surface area contributed by atoms with Gasteiger partial charge in [-0.2, -0.15) is 0 Å². The van der Waals surface area contributed by atoms with Crippen molar-refractivity contribution in [3.63, 3.8) is 0 Å². The molecule has 1 aliphatic rings. The first-order valence-electron chi connectivity index (χ1n) is 8.48. The molecular weight excluding hydrogens is 316 g/mol. The summed E-state index contributed by atoms with van der Waals surface area (Å²) >= 11 is 0. The number of aromatic nitrogens is 3. The third-order valence-electron chi connectivity index (χ3n) is 4.75. The monoisotopic (exact) mass is 334 g/mol. The van der Waals surface area contributed by atoms with Gasteiger partial charge in [0.25, 0.3) is 0 Å². The summed E-state index contributed by atoms with van der Waals surface area (Å²) in [6.45, 7) is 0.654. The van der Waals surface area contributed by atoms with E-state index in [0.29, 0.717) is 24.4 Å². The number of furan rings is 1. The fourth-order valence-corrected chi connectivity index (χ4v) is 3.34. The quantitative estimate of drug-likeness (QED) is 0.620. The number of rotatable bonds is 4. The van der Waals surface area contributed by atoms with E-state index in [4.69, 9.17) is 14.9 Å². The van der Waals surface area contributed by atoms with Crippen LogP contribution in [-0.4, -0.2) is 27.2 Å². The van der Waals surface area contributed by atoms with Gasteiger partial charge in [0, 0.05) is 17.5 Å². The van der Waals surface area contributed by atoms with Gasteiger partial charge >= 0.3 is 0 Å². The fraction of sp³-hybridized carbons (Fsp3) is 0.263. The molecule has 6 nitrogen and oxygen atoms in total. The second kappa shape index (κ2) is 5.60. The number of imidazole rings is 1. The lowest BCUT2D eigenvalue weighted by molar-refractivity contribution is 0.154. The highest BCUT2D eigenvalue weighted by Crippen LogP contribution is 2.29. The zero-order chi connectivity index (χ0) is 16.8. The largest absolute Gasteiger partial charge is 0.476 e. The van der Waals surface area contributed by atoms with E-state index in [2.05, 4.69) is 10.1 Å². The number of ether oxygens (including phenoxy) is 1. The number of hydrogen-bond acceptors (Lipinski definition) is 5. The van der Waals surface area contributed by atoms with Gasteiger partial charge < -0.3 is 14.9 Å². The Morgan fingerprint density at radius 2 is 2.08 bits per heavy atom. The molecular formula is C19H18N4O2. The second-order valence-electron chi connectivity index (χ2n) is 6.64. The number of nitrogens with zero attached hydrogens (tertiary/aromatic N) is 3. The summed E-state index contributed by atoms with van der Waals surface area (Å²) in [7, 11) is 0. The first-order valence-corrected chi connectivity index (χ1v) is 8.48. The lowest BCUT2D eigenvalue weighted by Gasteiger charge is -2.31. The van der Waals surface area contributed by atoms with Crippen molar-refractivity contribution in [2.24, 2.45) is 11.7 Å². The molecule has 4 aromatic rings. The third-order valence-corrected chi connectivity index (χ3v) is 4.75. The molecule has 25 heavy (non-hydrogen) atoms. The summed E-state index contributed by atoms with van der Waals surface area (Å²) in [5.74, 6) is 1.86. The van der Waals surface area contributed by atoms with E-state index in [0.717, 1.165) is 40.9 Å². The van der Waals surface area contributed by atoms with Crippen molar-refractivity contribution in [1.29, 1.82) is 0 Å². The maximum absolute atomic E-state index is 5.94. The molecule has 3 aromatic heterocycles. The maximum atomic E-state index is 5.94. The number of nitrogens with two attached hydrogens (primary N) is 1. The minimum atomic E-state index is 0.331. The van der Waals surface area contributed by atoms with Gasteiger partial charge in [-0.05, 0) is 37.0 Å². The van der Waals surface area contributed by atoms with Crippen LogP contribution in [0.2, 0.25) is 0 Å². The highest BCUT2D eigenvalue weighted by Gasteiger charge is 2.26. The molecule has 1 aromatic carbocycles. The van der Waals surface area contributed by atoms with Crippen molar-refractivity contribution >= 4 is 16.6 Å². The summed E-state index contributed by atoms with van der Waals surface area (Å²) < 4.78 is 13.5. The van der Waals surface area contributed by atoms with Crippen LogP contribution in [0.25, 0.3) is 28.1 Å². The van der Waals surface area contributed by atoms with Crippen molar-refractivity contribution in [2.45, 2.75) is 18.9 Å². The minimum absolute atomic E-state index is 0.331. The Kier molecular flexibility index (Phi) is 3.24. The first kappa shape index (κ1) is 14.5. The molecule has 0 atom stereocenters. The van der Waals surface area contributed by atoms with E-state index in [9.17, 15) is 0 Å². The van der Waals surface area contributed by atoms with Crippen LogP contribution in [0.15, 0.2) is 53.1 Å². The smallest absolute Gasteiger partial charge is 0.231 e. The minimum Gasteiger partial charge on any atom is -0.476 e. The zero-order valence-electron chi connectivity index (χ0n) is 13.6. The molecule has 126 valence electrons. The molecule has 0 aliphatic heterocycles. The van der Waals surface area contributed by atoms with Crippen LogP contribution in [0.1, 0.15) is 12.8 Å². The number of para-hydroxylation sites is 1. The van der Waals surface area contributed by atoms with Crippen LogP contribution in [0.5, 0.6) is 5.88 Å². The Labute approximate surface area is 144 Å². The van der Waals surface area contributed by atoms with Crippen LogP contribution in [0.4, 0.5) is 0 Å². The molecule has 1 saturated carbocycles. The molecule has 0 radical (unpaired) electrons. The van der Waals surface area contributed by atoms with E-state index in [1.165, 1.54) is 0 Å². The van der Waals surface area contributed by atoms with E-state index < -0.39 is 0 Å². The van der Waals surface area contributed by atoms with Gasteiger partial charge in [-0.15, -0.1) is 5.10 Å². The van der Waals surface area contributed by atoms with Gasteiger partial charge in [-0.1, -0.05) is 18.2 Å². The number of fused-ring (bicyclic) bond motifs is 2. The molecule has 1 fully saturated rings. The molecule has 0 saturated heterocycles. The first-order chi connectivity index (χ1) is 12.3. The number of hydrogen-bond donors (Lipinski definition) is 1. The summed E-state index contributed by atoms with van der Waals surface area (Å²) in [4.78, 5) is 4.41. The van der Waals surface area contributed by atoms with E-state index in [1.807, 2.05) is 42.5 Å². The molecule has 0 bridgehead atoms. The van der Waals surface area contributed by atoms with E-state index in [-0.39, 0.29) is 0 Å². The van der Waals surface area contributed by atoms with Crippen molar-refractivity contribution in [2.75, 3.05) is 6.61 Å². The summed E-state index contributed by atoms with van der Waals surface area (Å²) in [5.41, 5.74) is 8.23. The van der Waals surface area contributed by atoms with Crippen LogP contribution in [0, 0.1) is 5.92 Å². The highest BCUT2D eigenvalue weighted by atomic mass is 16.5. The van der Waals surface area contributed by atoms with Gasteiger partial charge in [0.1, 0.15) is 11.3 Å². The summed E-state index contributed by atoms with van der Waals surface area (Å²) in [5, 5.41) is 5.63. The molecule has 0 unspecified atom stereocenters. The van der Waals surface area contributed by atoms with Gasteiger partial charge in [-0.25, -0.2) is 9.50 Å². The molecule has 5 rings (SSSR count). The average Bonchev–Trinajstić information content (AvgIpc) is 3.20. The molecule has 2 N–H and O–H groups in total. The predicted molar refractivity (Wildman–Crippen MR) is 94.4 cm³/mol. The van der Waals surface area contributed by atoms with E-state index >= 15 is 0 Å². The van der Waals surface area contributed by atoms with Crippen molar-refractivity contribution < 1.29 is 9.15 Å². The van der Waals surface area contributed by atoms with Crippen LogP contribution in [0.3, 0.4) is 0 Å². The zero-order valence-corrected chi connectivity index (χ0v) is 13.6. The Bertz CT molecular complexity index is 1010. The molecule has 6 heteroatoms.